The first kappa shape index (κ1) is 17.8. The van der Waals surface area contributed by atoms with Gasteiger partial charge in [0.15, 0.2) is 0 Å². The van der Waals surface area contributed by atoms with Crippen molar-refractivity contribution < 1.29 is 39.4 Å². The minimum Gasteiger partial charge on any atom is -0.462 e. The first-order chi connectivity index (χ1) is 11.9. The zero-order valence-electron chi connectivity index (χ0n) is 13.0. The van der Waals surface area contributed by atoms with Crippen LogP contribution in [0.15, 0.2) is 39.5 Å². The Morgan fingerprint density at radius 1 is 1.12 bits per heavy atom. The van der Waals surface area contributed by atoms with Crippen molar-refractivity contribution >= 4 is 11.0 Å². The van der Waals surface area contributed by atoms with Gasteiger partial charge < -0.3 is 39.4 Å². The topological polar surface area (TPSA) is 150 Å². The van der Waals surface area contributed by atoms with Gasteiger partial charge in [0.1, 0.15) is 35.2 Å². The highest BCUT2D eigenvalue weighted by Gasteiger charge is 2.55. The molecule has 9 heteroatoms. The zero-order chi connectivity index (χ0) is 18.2. The maximum Gasteiger partial charge on any atom is 0.336 e. The molecule has 1 aromatic carbocycles. The molecular weight excluding hydrogens is 336 g/mol. The SMILES string of the molecule is O=c1ccc2ccc(O[C@@H]3O[C@H](CO)[C@@H](O)[C@@](O)(CO)[C@H]3O)cc2o1. The average Bonchev–Trinajstić information content (AvgIpc) is 2.61. The smallest absolute Gasteiger partial charge is 0.336 e. The van der Waals surface area contributed by atoms with Gasteiger partial charge in [-0.05, 0) is 18.2 Å². The van der Waals surface area contributed by atoms with Crippen molar-refractivity contribution in [3.63, 3.8) is 0 Å². The number of fused-ring (bicyclic) bond motifs is 1. The van der Waals surface area contributed by atoms with Crippen LogP contribution in [0.3, 0.4) is 0 Å². The number of hydrogen-bond donors (Lipinski definition) is 5. The van der Waals surface area contributed by atoms with E-state index in [1.54, 1.807) is 12.1 Å². The summed E-state index contributed by atoms with van der Waals surface area (Å²) < 4.78 is 15.8. The minimum absolute atomic E-state index is 0.152. The van der Waals surface area contributed by atoms with Crippen LogP contribution in [0.1, 0.15) is 0 Å². The summed E-state index contributed by atoms with van der Waals surface area (Å²) in [5.41, 5.74) is -2.64. The molecule has 2 heterocycles. The lowest BCUT2D eigenvalue weighted by Crippen LogP contribution is -2.69. The second-order valence-electron chi connectivity index (χ2n) is 5.84. The highest BCUT2D eigenvalue weighted by atomic mass is 16.7. The van der Waals surface area contributed by atoms with Crippen molar-refractivity contribution in [1.82, 2.24) is 0 Å². The third-order valence-corrected chi connectivity index (χ3v) is 4.22. The lowest BCUT2D eigenvalue weighted by atomic mass is 9.85. The van der Waals surface area contributed by atoms with Gasteiger partial charge in [-0.3, -0.25) is 0 Å². The minimum atomic E-state index is -2.33. The van der Waals surface area contributed by atoms with Gasteiger partial charge >= 0.3 is 5.63 Å². The second-order valence-corrected chi connectivity index (χ2v) is 5.84. The Bertz CT molecular complexity index is 804. The fourth-order valence-corrected chi connectivity index (χ4v) is 2.72. The molecule has 0 amide bonds. The lowest BCUT2D eigenvalue weighted by molar-refractivity contribution is -0.320. The van der Waals surface area contributed by atoms with Crippen LogP contribution in [0.25, 0.3) is 11.0 Å². The van der Waals surface area contributed by atoms with Gasteiger partial charge in [0.2, 0.25) is 6.29 Å². The summed E-state index contributed by atoms with van der Waals surface area (Å²) in [5.74, 6) is 0.152. The fourth-order valence-electron chi connectivity index (χ4n) is 2.72. The summed E-state index contributed by atoms with van der Waals surface area (Å²) >= 11 is 0. The molecule has 0 aliphatic carbocycles. The third kappa shape index (κ3) is 3.13. The standard InChI is InChI=1S/C16H18O9/c17-6-11-13(20)16(22,7-18)14(21)15(25-11)23-9-3-1-8-2-4-12(19)24-10(8)5-9/h1-5,11,13-15,17-18,20-22H,6-7H2/t11-,13-,14+,15-,16+/m1/s1. The van der Waals surface area contributed by atoms with Crippen LogP contribution >= 0.6 is 0 Å². The van der Waals surface area contributed by atoms with Gasteiger partial charge in [0.05, 0.1) is 13.2 Å². The fraction of sp³-hybridized carbons (Fsp3) is 0.438. The Morgan fingerprint density at radius 3 is 2.52 bits per heavy atom. The van der Waals surface area contributed by atoms with Crippen molar-refractivity contribution in [2.24, 2.45) is 0 Å². The van der Waals surface area contributed by atoms with E-state index >= 15 is 0 Å². The van der Waals surface area contributed by atoms with E-state index in [1.807, 2.05) is 0 Å². The van der Waals surface area contributed by atoms with Gasteiger partial charge in [-0.15, -0.1) is 0 Å². The molecule has 2 aromatic rings. The molecular formula is C16H18O9. The summed E-state index contributed by atoms with van der Waals surface area (Å²) in [7, 11) is 0. The molecule has 9 nitrogen and oxygen atoms in total. The molecule has 0 radical (unpaired) electrons. The van der Waals surface area contributed by atoms with E-state index < -0.39 is 49.0 Å². The quantitative estimate of drug-likeness (QED) is 0.406. The highest BCUT2D eigenvalue weighted by Crippen LogP contribution is 2.32. The van der Waals surface area contributed by atoms with Crippen molar-refractivity contribution in [3.8, 4) is 5.75 Å². The van der Waals surface area contributed by atoms with Crippen molar-refractivity contribution in [3.05, 3.63) is 40.8 Å². The van der Waals surface area contributed by atoms with E-state index in [9.17, 15) is 30.3 Å². The van der Waals surface area contributed by atoms with Crippen LogP contribution in [0.5, 0.6) is 5.75 Å². The molecule has 1 fully saturated rings. The summed E-state index contributed by atoms with van der Waals surface area (Å²) in [5, 5.41) is 49.7. The Balaban J connectivity index is 1.89. The molecule has 3 rings (SSSR count). The molecule has 0 bridgehead atoms. The molecule has 0 saturated carbocycles. The molecule has 1 aliphatic rings. The van der Waals surface area contributed by atoms with Crippen LogP contribution in [0.2, 0.25) is 0 Å². The van der Waals surface area contributed by atoms with E-state index in [2.05, 4.69) is 0 Å². The lowest BCUT2D eigenvalue weighted by Gasteiger charge is -2.46. The summed E-state index contributed by atoms with van der Waals surface area (Å²) in [6, 6.07) is 7.36. The Morgan fingerprint density at radius 2 is 1.84 bits per heavy atom. The summed E-state index contributed by atoms with van der Waals surface area (Å²) in [6.45, 7) is -1.63. The highest BCUT2D eigenvalue weighted by molar-refractivity contribution is 5.77. The van der Waals surface area contributed by atoms with Crippen LogP contribution in [-0.2, 0) is 4.74 Å². The number of aliphatic hydroxyl groups excluding tert-OH is 4. The molecule has 1 saturated heterocycles. The van der Waals surface area contributed by atoms with Gasteiger partial charge in [0.25, 0.3) is 0 Å². The van der Waals surface area contributed by atoms with E-state index in [4.69, 9.17) is 13.9 Å². The van der Waals surface area contributed by atoms with Crippen molar-refractivity contribution in [2.75, 3.05) is 13.2 Å². The number of rotatable bonds is 4. The van der Waals surface area contributed by atoms with E-state index in [0.29, 0.717) is 5.39 Å². The van der Waals surface area contributed by atoms with Crippen molar-refractivity contribution in [1.29, 1.82) is 0 Å². The van der Waals surface area contributed by atoms with Crippen LogP contribution < -0.4 is 10.4 Å². The maximum atomic E-state index is 11.3. The number of aliphatic hydroxyl groups is 5. The predicted molar refractivity (Wildman–Crippen MR) is 82.9 cm³/mol. The molecule has 0 unspecified atom stereocenters. The Hall–Kier alpha value is -2.01. The number of benzene rings is 1. The van der Waals surface area contributed by atoms with Crippen LogP contribution in [0, 0.1) is 0 Å². The Kier molecular flexibility index (Phi) is 4.78. The first-order valence-corrected chi connectivity index (χ1v) is 7.55. The Labute approximate surface area is 141 Å². The van der Waals surface area contributed by atoms with Crippen LogP contribution in [0.4, 0.5) is 0 Å². The summed E-state index contributed by atoms with van der Waals surface area (Å²) in [4.78, 5) is 11.3. The zero-order valence-corrected chi connectivity index (χ0v) is 13.0. The van der Waals surface area contributed by atoms with E-state index in [1.165, 1.54) is 18.2 Å². The van der Waals surface area contributed by atoms with E-state index in [0.717, 1.165) is 0 Å². The molecule has 0 spiro atoms. The van der Waals surface area contributed by atoms with Gasteiger partial charge in [0, 0.05) is 17.5 Å². The van der Waals surface area contributed by atoms with Gasteiger partial charge in [-0.2, -0.15) is 0 Å². The normalized spacial score (nSPS) is 32.7. The maximum absolute atomic E-state index is 11.3. The van der Waals surface area contributed by atoms with Gasteiger partial charge in [-0.25, -0.2) is 4.79 Å². The molecule has 1 aliphatic heterocycles. The predicted octanol–water partition coefficient (Wildman–Crippen LogP) is -1.67. The largest absolute Gasteiger partial charge is 0.462 e. The molecule has 136 valence electrons. The first-order valence-electron chi connectivity index (χ1n) is 7.55. The molecule has 5 atom stereocenters. The average molecular weight is 354 g/mol. The van der Waals surface area contributed by atoms with E-state index in [-0.39, 0.29) is 11.3 Å². The van der Waals surface area contributed by atoms with Gasteiger partial charge in [-0.1, -0.05) is 0 Å². The summed E-state index contributed by atoms with van der Waals surface area (Å²) in [6.07, 6.45) is -6.27. The second kappa shape index (κ2) is 6.71. The third-order valence-electron chi connectivity index (χ3n) is 4.22. The molecule has 25 heavy (non-hydrogen) atoms. The number of hydrogen-bond acceptors (Lipinski definition) is 9. The van der Waals surface area contributed by atoms with Crippen molar-refractivity contribution in [2.45, 2.75) is 30.2 Å². The molecule has 5 N–H and O–H groups in total. The molecule has 1 aromatic heterocycles. The van der Waals surface area contributed by atoms with Crippen LogP contribution in [-0.4, -0.2) is 68.9 Å². The monoisotopic (exact) mass is 354 g/mol. The number of ether oxygens (including phenoxy) is 2.